The molecule has 1 aromatic carbocycles. The van der Waals surface area contributed by atoms with E-state index in [9.17, 15) is 10.1 Å². The number of nitrogens with zero attached hydrogens (tertiary/aromatic N) is 4. The van der Waals surface area contributed by atoms with Gasteiger partial charge in [0.15, 0.2) is 11.5 Å². The smallest absolute Gasteiger partial charge is 0.373 e. The largest absolute Gasteiger partial charge is 0.493 e. The summed E-state index contributed by atoms with van der Waals surface area (Å²) >= 11 is 0. The molecule has 10 nitrogen and oxygen atoms in total. The number of anilines is 1. The summed E-state index contributed by atoms with van der Waals surface area (Å²) in [5.74, 6) is 0.890. The standard InChI is InChI=1S/C21H26N4O6/c1-6-7-15-8-16(28-4)19(17(9-15)29-5)31-21-18(25(26)27)20(22-12-23-21)24-10-13(2)30-14(3)11-24/h6,8-9,12-14H,1,7,10-11H2,2-5H3. The number of hydrogen-bond acceptors (Lipinski definition) is 9. The zero-order chi connectivity index (χ0) is 22.5. The molecule has 0 radical (unpaired) electrons. The lowest BCUT2D eigenvalue weighted by Crippen LogP contribution is -2.46. The van der Waals surface area contributed by atoms with Gasteiger partial charge in [-0.1, -0.05) is 6.08 Å². The van der Waals surface area contributed by atoms with E-state index in [4.69, 9.17) is 18.9 Å². The van der Waals surface area contributed by atoms with Crippen molar-refractivity contribution >= 4 is 11.5 Å². The van der Waals surface area contributed by atoms with Gasteiger partial charge in [-0.2, -0.15) is 4.98 Å². The minimum atomic E-state index is -0.541. The molecular formula is C21H26N4O6. The van der Waals surface area contributed by atoms with Crippen LogP contribution in [0, 0.1) is 10.1 Å². The molecule has 2 heterocycles. The third-order valence-electron chi connectivity index (χ3n) is 4.77. The Hall–Kier alpha value is -3.40. The molecule has 0 N–H and O–H groups in total. The first-order valence-electron chi connectivity index (χ1n) is 9.81. The maximum absolute atomic E-state index is 12.0. The normalized spacial score (nSPS) is 18.4. The Morgan fingerprint density at radius 3 is 2.35 bits per heavy atom. The lowest BCUT2D eigenvalue weighted by atomic mass is 10.1. The van der Waals surface area contributed by atoms with Crippen molar-refractivity contribution in [1.82, 2.24) is 9.97 Å². The second-order valence-electron chi connectivity index (χ2n) is 7.19. The Labute approximate surface area is 180 Å². The van der Waals surface area contributed by atoms with Gasteiger partial charge in [0.1, 0.15) is 6.33 Å². The predicted octanol–water partition coefficient (Wildman–Crippen LogP) is 3.54. The van der Waals surface area contributed by atoms with E-state index in [0.717, 1.165) is 5.56 Å². The third-order valence-corrected chi connectivity index (χ3v) is 4.77. The molecule has 0 spiro atoms. The summed E-state index contributed by atoms with van der Waals surface area (Å²) in [6.07, 6.45) is 3.40. The molecule has 1 saturated heterocycles. The first kappa shape index (κ1) is 22.3. The van der Waals surface area contributed by atoms with Crippen LogP contribution >= 0.6 is 0 Å². The highest BCUT2D eigenvalue weighted by molar-refractivity contribution is 5.65. The number of hydrogen-bond donors (Lipinski definition) is 0. The molecule has 0 bridgehead atoms. The van der Waals surface area contributed by atoms with Gasteiger partial charge in [-0.25, -0.2) is 4.98 Å². The Morgan fingerprint density at radius 1 is 1.23 bits per heavy atom. The molecule has 2 atom stereocenters. The quantitative estimate of drug-likeness (QED) is 0.353. The van der Waals surface area contributed by atoms with Crippen LogP contribution in [0.25, 0.3) is 0 Å². The molecular weight excluding hydrogens is 404 g/mol. The van der Waals surface area contributed by atoms with Crippen molar-refractivity contribution in [3.8, 4) is 23.1 Å². The summed E-state index contributed by atoms with van der Waals surface area (Å²) in [7, 11) is 2.96. The molecule has 1 aromatic heterocycles. The Morgan fingerprint density at radius 2 is 1.84 bits per heavy atom. The van der Waals surface area contributed by atoms with Crippen LogP contribution in [0.4, 0.5) is 11.5 Å². The fourth-order valence-electron chi connectivity index (χ4n) is 3.59. The number of aromatic nitrogens is 2. The van der Waals surface area contributed by atoms with Gasteiger partial charge in [0.2, 0.25) is 11.6 Å². The number of methoxy groups -OCH3 is 2. The van der Waals surface area contributed by atoms with Gasteiger partial charge in [-0.15, -0.1) is 6.58 Å². The highest BCUT2D eigenvalue weighted by atomic mass is 16.6. The Kier molecular flexibility index (Phi) is 6.91. The number of rotatable bonds is 8. The highest BCUT2D eigenvalue weighted by Crippen LogP contribution is 2.44. The van der Waals surface area contributed by atoms with Crippen LogP contribution in [0.15, 0.2) is 31.1 Å². The van der Waals surface area contributed by atoms with Crippen molar-refractivity contribution in [2.24, 2.45) is 0 Å². The molecule has 1 aliphatic rings. The lowest BCUT2D eigenvalue weighted by Gasteiger charge is -2.35. The van der Waals surface area contributed by atoms with E-state index in [0.29, 0.717) is 31.0 Å². The van der Waals surface area contributed by atoms with E-state index >= 15 is 0 Å². The zero-order valence-corrected chi connectivity index (χ0v) is 18.0. The third kappa shape index (κ3) is 4.85. The zero-order valence-electron chi connectivity index (χ0n) is 18.0. The van der Waals surface area contributed by atoms with Crippen molar-refractivity contribution < 1.29 is 23.9 Å². The molecule has 166 valence electrons. The van der Waals surface area contributed by atoms with Gasteiger partial charge >= 0.3 is 11.6 Å². The van der Waals surface area contributed by atoms with Crippen molar-refractivity contribution in [3.63, 3.8) is 0 Å². The number of morpholine rings is 1. The number of benzene rings is 1. The van der Waals surface area contributed by atoms with Crippen molar-refractivity contribution in [1.29, 1.82) is 0 Å². The molecule has 1 fully saturated rings. The second-order valence-corrected chi connectivity index (χ2v) is 7.19. The lowest BCUT2D eigenvalue weighted by molar-refractivity contribution is -0.385. The number of ether oxygens (including phenoxy) is 4. The Balaban J connectivity index is 2.06. The van der Waals surface area contributed by atoms with E-state index in [1.807, 2.05) is 18.7 Å². The molecule has 10 heteroatoms. The summed E-state index contributed by atoms with van der Waals surface area (Å²) in [6.45, 7) is 8.48. The van der Waals surface area contributed by atoms with Gasteiger partial charge < -0.3 is 23.8 Å². The average molecular weight is 430 g/mol. The van der Waals surface area contributed by atoms with Gasteiger partial charge in [0, 0.05) is 13.1 Å². The minimum absolute atomic E-state index is 0.0970. The Bertz CT molecular complexity index is 932. The average Bonchev–Trinajstić information content (AvgIpc) is 2.73. The maximum Gasteiger partial charge on any atom is 0.373 e. The van der Waals surface area contributed by atoms with E-state index < -0.39 is 4.92 Å². The second kappa shape index (κ2) is 9.61. The molecule has 0 saturated carbocycles. The van der Waals surface area contributed by atoms with Gasteiger partial charge in [0.05, 0.1) is 31.4 Å². The van der Waals surface area contributed by atoms with Gasteiger partial charge in [-0.3, -0.25) is 10.1 Å². The molecule has 2 unspecified atom stereocenters. The van der Waals surface area contributed by atoms with Crippen molar-refractivity contribution in [3.05, 3.63) is 46.8 Å². The topological polar surface area (TPSA) is 109 Å². The molecule has 0 aliphatic carbocycles. The maximum atomic E-state index is 12.0. The summed E-state index contributed by atoms with van der Waals surface area (Å²) in [4.78, 5) is 21.5. The highest BCUT2D eigenvalue weighted by Gasteiger charge is 2.33. The van der Waals surface area contributed by atoms with Crippen LogP contribution in [-0.4, -0.2) is 54.4 Å². The molecule has 0 amide bonds. The predicted molar refractivity (Wildman–Crippen MR) is 114 cm³/mol. The molecule has 3 rings (SSSR count). The van der Waals surface area contributed by atoms with Gasteiger partial charge in [0.25, 0.3) is 0 Å². The van der Waals surface area contributed by atoms with Crippen LogP contribution in [0.3, 0.4) is 0 Å². The SMILES string of the molecule is C=CCc1cc(OC)c(Oc2ncnc(N3CC(C)OC(C)C3)c2[N+](=O)[O-])c(OC)c1. The molecule has 1 aliphatic heterocycles. The van der Waals surface area contributed by atoms with Crippen LogP contribution < -0.4 is 19.1 Å². The summed E-state index contributed by atoms with van der Waals surface area (Å²) in [5, 5.41) is 12.0. The summed E-state index contributed by atoms with van der Waals surface area (Å²) in [5.41, 5.74) is 0.563. The first-order chi connectivity index (χ1) is 14.9. The number of nitro groups is 1. The molecule has 31 heavy (non-hydrogen) atoms. The van der Waals surface area contributed by atoms with Crippen LogP contribution in [-0.2, 0) is 11.2 Å². The fourth-order valence-corrected chi connectivity index (χ4v) is 3.59. The van der Waals surface area contributed by atoms with Crippen LogP contribution in [0.2, 0.25) is 0 Å². The van der Waals surface area contributed by atoms with Crippen molar-refractivity contribution in [2.45, 2.75) is 32.5 Å². The monoisotopic (exact) mass is 430 g/mol. The van der Waals surface area contributed by atoms with Crippen LogP contribution in [0.5, 0.6) is 23.1 Å². The van der Waals surface area contributed by atoms with E-state index in [1.54, 1.807) is 18.2 Å². The molecule has 2 aromatic rings. The van der Waals surface area contributed by atoms with E-state index in [-0.39, 0.29) is 35.3 Å². The first-order valence-corrected chi connectivity index (χ1v) is 9.81. The van der Waals surface area contributed by atoms with Crippen LogP contribution in [0.1, 0.15) is 19.4 Å². The van der Waals surface area contributed by atoms with E-state index in [1.165, 1.54) is 20.5 Å². The van der Waals surface area contributed by atoms with Crippen molar-refractivity contribution in [2.75, 3.05) is 32.2 Å². The summed E-state index contributed by atoms with van der Waals surface area (Å²) in [6, 6.07) is 3.53. The fraction of sp³-hybridized carbons (Fsp3) is 0.429. The minimum Gasteiger partial charge on any atom is -0.493 e. The number of allylic oxidation sites excluding steroid dienone is 1. The summed E-state index contributed by atoms with van der Waals surface area (Å²) < 4.78 is 22.5. The van der Waals surface area contributed by atoms with E-state index in [2.05, 4.69) is 16.5 Å². The van der Waals surface area contributed by atoms with Gasteiger partial charge in [-0.05, 0) is 38.0 Å².